The van der Waals surface area contributed by atoms with Gasteiger partial charge in [-0.15, -0.1) is 0 Å². The Morgan fingerprint density at radius 2 is 1.74 bits per heavy atom. The minimum absolute atomic E-state index is 0.740. The molecule has 0 unspecified atom stereocenters. The Labute approximate surface area is 132 Å². The van der Waals surface area contributed by atoms with E-state index in [1.807, 2.05) is 12.1 Å². The largest absolute Gasteiger partial charge is 0.496 e. The Morgan fingerprint density at radius 3 is 2.42 bits per heavy atom. The molecule has 1 rings (SSSR count). The van der Waals surface area contributed by atoms with E-state index in [1.54, 1.807) is 7.11 Å². The maximum atomic E-state index is 5.77. The van der Waals surface area contributed by atoms with Gasteiger partial charge in [-0.1, -0.05) is 6.92 Å². The smallest absolute Gasteiger partial charge is 0.134 e. The van der Waals surface area contributed by atoms with Crippen molar-refractivity contribution in [2.24, 2.45) is 0 Å². The summed E-state index contributed by atoms with van der Waals surface area (Å²) in [7, 11) is 1.65. The molecule has 0 aliphatic heterocycles. The van der Waals surface area contributed by atoms with Crippen LogP contribution in [-0.4, -0.2) is 26.8 Å². The topological polar surface area (TPSA) is 30.5 Å². The zero-order chi connectivity index (χ0) is 14.1. The molecule has 0 atom stereocenters. The number of benzene rings is 1. The van der Waals surface area contributed by atoms with Gasteiger partial charge >= 0.3 is 0 Å². The molecule has 0 heterocycles. The van der Waals surface area contributed by atoms with Crippen LogP contribution in [0.25, 0.3) is 0 Å². The summed E-state index contributed by atoms with van der Waals surface area (Å²) in [6.07, 6.45) is 3.45. The Morgan fingerprint density at radius 1 is 1.05 bits per heavy atom. The number of unbranched alkanes of at least 4 members (excludes halogenated alkanes) is 2. The van der Waals surface area contributed by atoms with Crippen molar-refractivity contribution in [3.05, 3.63) is 21.1 Å². The number of ether oxygens (including phenoxy) is 2. The molecule has 19 heavy (non-hydrogen) atoms. The predicted molar refractivity (Wildman–Crippen MR) is 86.3 cm³/mol. The lowest BCUT2D eigenvalue weighted by molar-refractivity contribution is 0.302. The summed E-state index contributed by atoms with van der Waals surface area (Å²) >= 11 is 6.95. The maximum absolute atomic E-state index is 5.77. The second-order valence-corrected chi connectivity index (χ2v) is 5.89. The van der Waals surface area contributed by atoms with Gasteiger partial charge in [-0.25, -0.2) is 0 Å². The van der Waals surface area contributed by atoms with E-state index in [-0.39, 0.29) is 0 Å². The molecule has 0 saturated carbocycles. The van der Waals surface area contributed by atoms with Crippen molar-refractivity contribution in [2.75, 3.05) is 26.8 Å². The van der Waals surface area contributed by atoms with Crippen molar-refractivity contribution in [3.63, 3.8) is 0 Å². The molecule has 0 aromatic heterocycles. The van der Waals surface area contributed by atoms with Gasteiger partial charge in [0.25, 0.3) is 0 Å². The standard InChI is InChI=1S/C14H21Br2NO2/c1-3-17-7-5-4-6-8-19-14-10-11(15)13(18-2)9-12(14)16/h9-10,17H,3-8H2,1-2H3. The Kier molecular flexibility index (Phi) is 8.50. The normalized spacial score (nSPS) is 10.5. The molecule has 0 aliphatic carbocycles. The van der Waals surface area contributed by atoms with Crippen LogP contribution in [-0.2, 0) is 0 Å². The summed E-state index contributed by atoms with van der Waals surface area (Å²) < 4.78 is 12.8. The first-order valence-corrected chi connectivity index (χ1v) is 8.14. The number of rotatable bonds is 9. The minimum Gasteiger partial charge on any atom is -0.496 e. The summed E-state index contributed by atoms with van der Waals surface area (Å²) in [5.74, 6) is 1.64. The van der Waals surface area contributed by atoms with Gasteiger partial charge in [0.15, 0.2) is 0 Å². The highest BCUT2D eigenvalue weighted by molar-refractivity contribution is 9.11. The van der Waals surface area contributed by atoms with Crippen molar-refractivity contribution >= 4 is 31.9 Å². The van der Waals surface area contributed by atoms with Gasteiger partial charge in [0.05, 0.1) is 22.7 Å². The highest BCUT2D eigenvalue weighted by Crippen LogP contribution is 2.36. The third-order valence-corrected chi connectivity index (χ3v) is 3.95. The van der Waals surface area contributed by atoms with Crippen LogP contribution < -0.4 is 14.8 Å². The molecular weight excluding hydrogens is 374 g/mol. The zero-order valence-electron chi connectivity index (χ0n) is 11.5. The summed E-state index contributed by atoms with van der Waals surface area (Å²) in [6.45, 7) is 5.00. The molecule has 3 nitrogen and oxygen atoms in total. The lowest BCUT2D eigenvalue weighted by Crippen LogP contribution is -2.14. The third-order valence-electron chi connectivity index (χ3n) is 2.71. The Balaban J connectivity index is 2.31. The van der Waals surface area contributed by atoms with E-state index in [1.165, 1.54) is 12.8 Å². The molecule has 0 saturated heterocycles. The fourth-order valence-electron chi connectivity index (χ4n) is 1.67. The summed E-state index contributed by atoms with van der Waals surface area (Å²) in [4.78, 5) is 0. The third kappa shape index (κ3) is 6.15. The molecule has 1 aromatic carbocycles. The Bertz CT molecular complexity index is 386. The van der Waals surface area contributed by atoms with Crippen LogP contribution >= 0.6 is 31.9 Å². The van der Waals surface area contributed by atoms with Crippen molar-refractivity contribution in [2.45, 2.75) is 26.2 Å². The van der Waals surface area contributed by atoms with Gasteiger partial charge < -0.3 is 14.8 Å². The number of nitrogens with one attached hydrogen (secondary N) is 1. The average Bonchev–Trinajstić information content (AvgIpc) is 2.41. The van der Waals surface area contributed by atoms with Crippen LogP contribution in [0.1, 0.15) is 26.2 Å². The second kappa shape index (κ2) is 9.61. The first-order valence-electron chi connectivity index (χ1n) is 6.55. The van der Waals surface area contributed by atoms with Crippen molar-refractivity contribution < 1.29 is 9.47 Å². The molecule has 0 spiro atoms. The van der Waals surface area contributed by atoms with Crippen LogP contribution in [0.15, 0.2) is 21.1 Å². The van der Waals surface area contributed by atoms with E-state index in [9.17, 15) is 0 Å². The quantitative estimate of drug-likeness (QED) is 0.630. The number of hydrogen-bond acceptors (Lipinski definition) is 3. The minimum atomic E-state index is 0.740. The average molecular weight is 395 g/mol. The van der Waals surface area contributed by atoms with Gasteiger partial charge in [-0.2, -0.15) is 0 Å². The summed E-state index contributed by atoms with van der Waals surface area (Å²) in [5, 5.41) is 3.32. The lowest BCUT2D eigenvalue weighted by Gasteiger charge is -2.11. The van der Waals surface area contributed by atoms with E-state index >= 15 is 0 Å². The molecule has 0 amide bonds. The van der Waals surface area contributed by atoms with E-state index in [2.05, 4.69) is 44.1 Å². The van der Waals surface area contributed by atoms with E-state index < -0.39 is 0 Å². The zero-order valence-corrected chi connectivity index (χ0v) is 14.6. The first kappa shape index (κ1) is 16.8. The SMILES string of the molecule is CCNCCCCCOc1cc(Br)c(OC)cc1Br. The summed E-state index contributed by atoms with van der Waals surface area (Å²) in [5.41, 5.74) is 0. The van der Waals surface area contributed by atoms with E-state index in [0.29, 0.717) is 0 Å². The highest BCUT2D eigenvalue weighted by Gasteiger charge is 2.07. The van der Waals surface area contributed by atoms with Gasteiger partial charge in [-0.05, 0) is 76.3 Å². The fourth-order valence-corrected chi connectivity index (χ4v) is 2.59. The monoisotopic (exact) mass is 393 g/mol. The molecule has 0 radical (unpaired) electrons. The van der Waals surface area contributed by atoms with E-state index in [4.69, 9.17) is 9.47 Å². The lowest BCUT2D eigenvalue weighted by atomic mass is 10.2. The maximum Gasteiger partial charge on any atom is 0.134 e. The molecule has 0 fully saturated rings. The van der Waals surface area contributed by atoms with Crippen molar-refractivity contribution in [1.82, 2.24) is 5.32 Å². The fraction of sp³-hybridized carbons (Fsp3) is 0.571. The van der Waals surface area contributed by atoms with Gasteiger partial charge in [0.1, 0.15) is 11.5 Å². The van der Waals surface area contributed by atoms with E-state index in [0.717, 1.165) is 46.6 Å². The highest BCUT2D eigenvalue weighted by atomic mass is 79.9. The number of methoxy groups -OCH3 is 1. The molecule has 5 heteroatoms. The van der Waals surface area contributed by atoms with Crippen LogP contribution in [0, 0.1) is 0 Å². The molecule has 1 N–H and O–H groups in total. The molecular formula is C14H21Br2NO2. The molecule has 1 aromatic rings. The van der Waals surface area contributed by atoms with Crippen LogP contribution in [0.5, 0.6) is 11.5 Å². The van der Waals surface area contributed by atoms with Crippen LogP contribution in [0.2, 0.25) is 0 Å². The molecule has 108 valence electrons. The number of hydrogen-bond donors (Lipinski definition) is 1. The second-order valence-electron chi connectivity index (χ2n) is 4.18. The van der Waals surface area contributed by atoms with Crippen molar-refractivity contribution in [3.8, 4) is 11.5 Å². The van der Waals surface area contributed by atoms with Crippen molar-refractivity contribution in [1.29, 1.82) is 0 Å². The van der Waals surface area contributed by atoms with Gasteiger partial charge in [-0.3, -0.25) is 0 Å². The summed E-state index contributed by atoms with van der Waals surface area (Å²) in [6, 6.07) is 3.84. The number of halogens is 2. The molecule has 0 aliphatic rings. The van der Waals surface area contributed by atoms with Gasteiger partial charge in [0, 0.05) is 0 Å². The van der Waals surface area contributed by atoms with Gasteiger partial charge in [0.2, 0.25) is 0 Å². The van der Waals surface area contributed by atoms with Crippen LogP contribution in [0.3, 0.4) is 0 Å². The molecule has 0 bridgehead atoms. The first-order chi connectivity index (χ1) is 9.19. The Hall–Kier alpha value is -0.260. The predicted octanol–water partition coefficient (Wildman–Crippen LogP) is 4.38. The van der Waals surface area contributed by atoms with Crippen LogP contribution in [0.4, 0.5) is 0 Å².